The molecule has 2 aliphatic rings. The van der Waals surface area contributed by atoms with Crippen molar-refractivity contribution in [1.29, 1.82) is 0 Å². The molecule has 1 aliphatic heterocycles. The first-order valence-corrected chi connectivity index (χ1v) is 8.12. The third-order valence-electron chi connectivity index (χ3n) is 4.82. The van der Waals surface area contributed by atoms with Crippen molar-refractivity contribution in [3.63, 3.8) is 0 Å². The van der Waals surface area contributed by atoms with Crippen LogP contribution in [0, 0.1) is 0 Å². The first-order valence-electron chi connectivity index (χ1n) is 8.12. The summed E-state index contributed by atoms with van der Waals surface area (Å²) in [6, 6.07) is 16.0. The highest BCUT2D eigenvalue weighted by Crippen LogP contribution is 2.40. The first-order chi connectivity index (χ1) is 11.2. The molecule has 0 radical (unpaired) electrons. The van der Waals surface area contributed by atoms with E-state index in [0.29, 0.717) is 12.5 Å². The number of urea groups is 1. The van der Waals surface area contributed by atoms with Gasteiger partial charge >= 0.3 is 6.03 Å². The number of carbonyl (C=O) groups is 1. The summed E-state index contributed by atoms with van der Waals surface area (Å²) in [4.78, 5) is 14.3. The number of hydrogen-bond donors (Lipinski definition) is 2. The van der Waals surface area contributed by atoms with Crippen LogP contribution in [0.3, 0.4) is 0 Å². The van der Waals surface area contributed by atoms with Crippen LogP contribution in [-0.2, 0) is 13.0 Å². The Morgan fingerprint density at radius 1 is 1.13 bits per heavy atom. The number of fused-ring (bicyclic) bond motifs is 1. The van der Waals surface area contributed by atoms with Gasteiger partial charge in [-0.3, -0.25) is 0 Å². The van der Waals surface area contributed by atoms with Crippen molar-refractivity contribution in [3.05, 3.63) is 65.2 Å². The van der Waals surface area contributed by atoms with Gasteiger partial charge in [0.15, 0.2) is 0 Å². The Morgan fingerprint density at radius 3 is 2.78 bits per heavy atom. The van der Waals surface area contributed by atoms with E-state index in [9.17, 15) is 9.90 Å². The molecule has 4 heteroatoms. The fourth-order valence-corrected chi connectivity index (χ4v) is 3.39. The van der Waals surface area contributed by atoms with Gasteiger partial charge in [0.05, 0.1) is 0 Å². The molecule has 4 nitrogen and oxygen atoms in total. The second-order valence-electron chi connectivity index (χ2n) is 6.43. The van der Waals surface area contributed by atoms with E-state index in [-0.39, 0.29) is 17.8 Å². The smallest absolute Gasteiger partial charge is 0.317 e. The van der Waals surface area contributed by atoms with Crippen LogP contribution in [0.4, 0.5) is 4.79 Å². The Labute approximate surface area is 135 Å². The molecule has 2 unspecified atom stereocenters. The molecule has 0 saturated heterocycles. The second-order valence-corrected chi connectivity index (χ2v) is 6.43. The zero-order valence-electron chi connectivity index (χ0n) is 12.9. The van der Waals surface area contributed by atoms with Crippen LogP contribution in [0.2, 0.25) is 0 Å². The molecule has 1 aliphatic carbocycles. The molecular formula is C19H20N2O2. The maximum atomic E-state index is 12.5. The molecule has 118 valence electrons. The van der Waals surface area contributed by atoms with E-state index in [0.717, 1.165) is 24.9 Å². The van der Waals surface area contributed by atoms with E-state index in [1.807, 2.05) is 29.2 Å². The van der Waals surface area contributed by atoms with E-state index < -0.39 is 0 Å². The molecule has 4 rings (SSSR count). The van der Waals surface area contributed by atoms with Gasteiger partial charge in [-0.05, 0) is 41.7 Å². The maximum Gasteiger partial charge on any atom is 0.317 e. The lowest BCUT2D eigenvalue weighted by Gasteiger charge is -2.29. The van der Waals surface area contributed by atoms with Crippen LogP contribution in [-0.4, -0.2) is 28.6 Å². The highest BCUT2D eigenvalue weighted by atomic mass is 16.3. The molecule has 1 fully saturated rings. The predicted octanol–water partition coefficient (Wildman–Crippen LogP) is 3.02. The Kier molecular flexibility index (Phi) is 3.45. The molecule has 2 N–H and O–H groups in total. The van der Waals surface area contributed by atoms with Crippen molar-refractivity contribution in [2.75, 3.05) is 6.54 Å². The summed E-state index contributed by atoms with van der Waals surface area (Å²) >= 11 is 0. The number of rotatable bonds is 2. The Balaban J connectivity index is 1.38. The summed E-state index contributed by atoms with van der Waals surface area (Å²) < 4.78 is 0. The average molecular weight is 308 g/mol. The lowest BCUT2D eigenvalue weighted by atomic mass is 10.00. The van der Waals surface area contributed by atoms with Crippen LogP contribution in [0.25, 0.3) is 0 Å². The first kappa shape index (κ1) is 14.1. The number of hydrogen-bond acceptors (Lipinski definition) is 2. The number of amides is 2. The zero-order chi connectivity index (χ0) is 15.8. The SMILES string of the molecule is O=C(NC1CC1c1ccccc1)N1CCc2ccc(O)cc2C1. The number of benzene rings is 2. The second kappa shape index (κ2) is 5.61. The van der Waals surface area contributed by atoms with Gasteiger partial charge in [0.2, 0.25) is 0 Å². The molecule has 2 aromatic rings. The van der Waals surface area contributed by atoms with Gasteiger partial charge in [-0.2, -0.15) is 0 Å². The third kappa shape index (κ3) is 2.89. The minimum atomic E-state index is 0.00224. The van der Waals surface area contributed by atoms with Crippen LogP contribution < -0.4 is 5.32 Å². The van der Waals surface area contributed by atoms with Crippen molar-refractivity contribution in [2.45, 2.75) is 31.3 Å². The fourth-order valence-electron chi connectivity index (χ4n) is 3.39. The monoisotopic (exact) mass is 308 g/mol. The molecule has 0 bridgehead atoms. The number of phenolic OH excluding ortho intramolecular Hbond substituents is 1. The minimum Gasteiger partial charge on any atom is -0.508 e. The molecule has 0 aromatic heterocycles. The summed E-state index contributed by atoms with van der Waals surface area (Å²) in [5, 5.41) is 12.8. The van der Waals surface area contributed by atoms with Crippen molar-refractivity contribution < 1.29 is 9.90 Å². The van der Waals surface area contributed by atoms with Gasteiger partial charge in [0.1, 0.15) is 5.75 Å². The Bertz CT molecular complexity index is 729. The van der Waals surface area contributed by atoms with Crippen molar-refractivity contribution in [1.82, 2.24) is 10.2 Å². The number of nitrogens with zero attached hydrogens (tertiary/aromatic N) is 1. The van der Waals surface area contributed by atoms with Gasteiger partial charge in [0, 0.05) is 25.0 Å². The van der Waals surface area contributed by atoms with E-state index in [2.05, 4.69) is 17.4 Å². The van der Waals surface area contributed by atoms with Crippen molar-refractivity contribution in [2.24, 2.45) is 0 Å². The molecule has 0 spiro atoms. The molecule has 2 amide bonds. The molecular weight excluding hydrogens is 288 g/mol. The Morgan fingerprint density at radius 2 is 1.96 bits per heavy atom. The van der Waals surface area contributed by atoms with Gasteiger partial charge in [-0.25, -0.2) is 4.79 Å². The molecule has 2 aromatic carbocycles. The van der Waals surface area contributed by atoms with Gasteiger partial charge in [-0.15, -0.1) is 0 Å². The quantitative estimate of drug-likeness (QED) is 0.896. The Hall–Kier alpha value is -2.49. The van der Waals surface area contributed by atoms with Crippen LogP contribution in [0.1, 0.15) is 29.0 Å². The van der Waals surface area contributed by atoms with Gasteiger partial charge in [0.25, 0.3) is 0 Å². The van der Waals surface area contributed by atoms with E-state index in [4.69, 9.17) is 0 Å². The topological polar surface area (TPSA) is 52.6 Å². The van der Waals surface area contributed by atoms with Crippen LogP contribution in [0.5, 0.6) is 5.75 Å². The zero-order valence-corrected chi connectivity index (χ0v) is 12.9. The average Bonchev–Trinajstić information content (AvgIpc) is 3.34. The summed E-state index contributed by atoms with van der Waals surface area (Å²) in [5.74, 6) is 0.707. The minimum absolute atomic E-state index is 0.00224. The lowest BCUT2D eigenvalue weighted by Crippen LogP contribution is -2.43. The molecule has 2 atom stereocenters. The van der Waals surface area contributed by atoms with Crippen molar-refractivity contribution >= 4 is 6.03 Å². The van der Waals surface area contributed by atoms with Gasteiger partial charge < -0.3 is 15.3 Å². The van der Waals surface area contributed by atoms with Crippen LogP contribution in [0.15, 0.2) is 48.5 Å². The largest absolute Gasteiger partial charge is 0.508 e. The molecule has 1 heterocycles. The maximum absolute atomic E-state index is 12.5. The number of aromatic hydroxyl groups is 1. The predicted molar refractivity (Wildman–Crippen MR) is 88.3 cm³/mol. The molecule has 1 saturated carbocycles. The third-order valence-corrected chi connectivity index (χ3v) is 4.82. The van der Waals surface area contributed by atoms with Crippen LogP contribution >= 0.6 is 0 Å². The number of nitrogens with one attached hydrogen (secondary N) is 1. The number of carbonyl (C=O) groups excluding carboxylic acids is 1. The molecule has 23 heavy (non-hydrogen) atoms. The summed E-state index contributed by atoms with van der Waals surface area (Å²) in [6.45, 7) is 1.30. The lowest BCUT2D eigenvalue weighted by molar-refractivity contribution is 0.191. The highest BCUT2D eigenvalue weighted by molar-refractivity contribution is 5.75. The fraction of sp³-hybridized carbons (Fsp3) is 0.316. The number of phenols is 1. The summed E-state index contributed by atoms with van der Waals surface area (Å²) in [5.41, 5.74) is 3.56. The van der Waals surface area contributed by atoms with E-state index >= 15 is 0 Å². The standard InChI is InChI=1S/C19H20N2O2/c22-16-7-6-13-8-9-21(12-15(13)10-16)19(23)20-18-11-17(18)14-4-2-1-3-5-14/h1-7,10,17-18,22H,8-9,11-12H2,(H,20,23). The van der Waals surface area contributed by atoms with E-state index in [1.165, 1.54) is 11.1 Å². The normalized spacial score (nSPS) is 22.3. The highest BCUT2D eigenvalue weighted by Gasteiger charge is 2.40. The van der Waals surface area contributed by atoms with Gasteiger partial charge in [-0.1, -0.05) is 36.4 Å². The van der Waals surface area contributed by atoms with E-state index in [1.54, 1.807) is 12.1 Å². The van der Waals surface area contributed by atoms with Crippen molar-refractivity contribution in [3.8, 4) is 5.75 Å². The summed E-state index contributed by atoms with van der Waals surface area (Å²) in [7, 11) is 0. The summed E-state index contributed by atoms with van der Waals surface area (Å²) in [6.07, 6.45) is 1.86.